The van der Waals surface area contributed by atoms with E-state index in [1.807, 2.05) is 13.0 Å². The lowest BCUT2D eigenvalue weighted by molar-refractivity contribution is 0.368. The van der Waals surface area contributed by atoms with E-state index in [1.54, 1.807) is 7.11 Å². The molecule has 1 atom stereocenters. The minimum atomic E-state index is 0.203. The summed E-state index contributed by atoms with van der Waals surface area (Å²) in [6.07, 6.45) is 0.722. The van der Waals surface area contributed by atoms with E-state index >= 15 is 0 Å². The lowest BCUT2D eigenvalue weighted by atomic mass is 10.0. The molecule has 1 unspecified atom stereocenters. The van der Waals surface area contributed by atoms with Crippen LogP contribution in [-0.4, -0.2) is 23.8 Å². The van der Waals surface area contributed by atoms with Crippen molar-refractivity contribution in [2.75, 3.05) is 13.7 Å². The summed E-state index contributed by atoms with van der Waals surface area (Å²) in [5.74, 6) is 2.25. The second kappa shape index (κ2) is 6.52. The molecule has 1 aromatic heterocycles. The highest BCUT2D eigenvalue weighted by Gasteiger charge is 2.11. The van der Waals surface area contributed by atoms with Crippen molar-refractivity contribution >= 4 is 0 Å². The highest BCUT2D eigenvalue weighted by atomic mass is 16.5. The molecule has 0 bridgehead atoms. The van der Waals surface area contributed by atoms with Gasteiger partial charge in [0.1, 0.15) is 5.75 Å². The largest absolute Gasteiger partial charge is 0.496 e. The minimum absolute atomic E-state index is 0.203. The molecule has 0 amide bonds. The van der Waals surface area contributed by atoms with Gasteiger partial charge in [-0.15, -0.1) is 0 Å². The third-order valence-corrected chi connectivity index (χ3v) is 3.21. The first kappa shape index (κ1) is 14.5. The van der Waals surface area contributed by atoms with E-state index in [-0.39, 0.29) is 6.04 Å². The molecule has 2 rings (SSSR count). The van der Waals surface area contributed by atoms with Crippen LogP contribution >= 0.6 is 0 Å². The zero-order valence-corrected chi connectivity index (χ0v) is 12.4. The number of nitrogens with one attached hydrogen (secondary N) is 1. The van der Waals surface area contributed by atoms with Gasteiger partial charge in [0.15, 0.2) is 5.82 Å². The molecule has 1 N–H and O–H groups in total. The number of rotatable bonds is 6. The Kier molecular flexibility index (Phi) is 4.74. The molecule has 5 nitrogen and oxygen atoms in total. The van der Waals surface area contributed by atoms with Crippen molar-refractivity contribution in [3.63, 3.8) is 0 Å². The van der Waals surface area contributed by atoms with Gasteiger partial charge in [0.25, 0.3) is 0 Å². The standard InChI is InChI=1S/C15H21N3O2/c1-10-5-6-14(19-4)13(9-10)11(2)16-8-7-15-17-12(3)18-20-15/h5-6,9,11,16H,7-8H2,1-4H3. The molecule has 0 fully saturated rings. The molecule has 1 heterocycles. The summed E-state index contributed by atoms with van der Waals surface area (Å²) in [5, 5.41) is 7.23. The SMILES string of the molecule is COc1ccc(C)cc1C(C)NCCc1nc(C)no1. The van der Waals surface area contributed by atoms with Crippen molar-refractivity contribution in [2.45, 2.75) is 33.2 Å². The van der Waals surface area contributed by atoms with Gasteiger partial charge >= 0.3 is 0 Å². The fraction of sp³-hybridized carbons (Fsp3) is 0.467. The molecular formula is C15H21N3O2. The van der Waals surface area contributed by atoms with E-state index in [0.29, 0.717) is 11.7 Å². The summed E-state index contributed by atoms with van der Waals surface area (Å²) < 4.78 is 10.5. The summed E-state index contributed by atoms with van der Waals surface area (Å²) >= 11 is 0. The third-order valence-electron chi connectivity index (χ3n) is 3.21. The number of aromatic nitrogens is 2. The van der Waals surface area contributed by atoms with Crippen molar-refractivity contribution in [3.05, 3.63) is 41.0 Å². The van der Waals surface area contributed by atoms with E-state index in [4.69, 9.17) is 9.26 Å². The second-order valence-electron chi connectivity index (χ2n) is 4.91. The Balaban J connectivity index is 1.94. The number of benzene rings is 1. The Bertz CT molecular complexity index is 566. The monoisotopic (exact) mass is 275 g/mol. The molecule has 0 aliphatic heterocycles. The fourth-order valence-corrected chi connectivity index (χ4v) is 2.14. The maximum absolute atomic E-state index is 5.41. The van der Waals surface area contributed by atoms with E-state index in [1.165, 1.54) is 5.56 Å². The first-order valence-corrected chi connectivity index (χ1v) is 6.77. The Hall–Kier alpha value is -1.88. The third kappa shape index (κ3) is 3.57. The van der Waals surface area contributed by atoms with Crippen molar-refractivity contribution in [2.24, 2.45) is 0 Å². The number of hydrogen-bond acceptors (Lipinski definition) is 5. The number of ether oxygens (including phenoxy) is 1. The van der Waals surface area contributed by atoms with Crippen LogP contribution in [0.5, 0.6) is 5.75 Å². The lowest BCUT2D eigenvalue weighted by Gasteiger charge is -2.17. The number of aryl methyl sites for hydroxylation is 2. The topological polar surface area (TPSA) is 60.2 Å². The molecule has 0 radical (unpaired) electrons. The van der Waals surface area contributed by atoms with Crippen molar-refractivity contribution in [1.29, 1.82) is 0 Å². The van der Waals surface area contributed by atoms with Crippen LogP contribution in [-0.2, 0) is 6.42 Å². The summed E-state index contributed by atoms with van der Waals surface area (Å²) in [6, 6.07) is 6.40. The van der Waals surface area contributed by atoms with Gasteiger partial charge in [-0.2, -0.15) is 4.98 Å². The van der Waals surface area contributed by atoms with Gasteiger partial charge in [-0.1, -0.05) is 22.9 Å². The summed E-state index contributed by atoms with van der Waals surface area (Å²) in [4.78, 5) is 4.19. The quantitative estimate of drug-likeness (QED) is 0.878. The Morgan fingerprint density at radius 3 is 2.80 bits per heavy atom. The molecule has 0 spiro atoms. The number of nitrogens with zero attached hydrogens (tertiary/aromatic N) is 2. The second-order valence-corrected chi connectivity index (χ2v) is 4.91. The Morgan fingerprint density at radius 1 is 1.35 bits per heavy atom. The lowest BCUT2D eigenvalue weighted by Crippen LogP contribution is -2.22. The first-order chi connectivity index (χ1) is 9.60. The summed E-state index contributed by atoms with van der Waals surface area (Å²) in [6.45, 7) is 6.80. The van der Waals surface area contributed by atoms with Gasteiger partial charge in [-0.05, 0) is 26.8 Å². The maximum Gasteiger partial charge on any atom is 0.227 e. The normalized spacial score (nSPS) is 12.4. The van der Waals surface area contributed by atoms with E-state index < -0.39 is 0 Å². The van der Waals surface area contributed by atoms with Crippen LogP contribution in [0.3, 0.4) is 0 Å². The van der Waals surface area contributed by atoms with Crippen LogP contribution in [0.15, 0.2) is 22.7 Å². The average molecular weight is 275 g/mol. The van der Waals surface area contributed by atoms with Crippen LogP contribution in [0, 0.1) is 13.8 Å². The van der Waals surface area contributed by atoms with Gasteiger partial charge < -0.3 is 14.6 Å². The van der Waals surface area contributed by atoms with Gasteiger partial charge in [-0.3, -0.25) is 0 Å². The summed E-state index contributed by atoms with van der Waals surface area (Å²) in [7, 11) is 1.70. The van der Waals surface area contributed by atoms with Crippen molar-refractivity contribution < 1.29 is 9.26 Å². The predicted molar refractivity (Wildman–Crippen MR) is 76.9 cm³/mol. The van der Waals surface area contributed by atoms with E-state index in [9.17, 15) is 0 Å². The van der Waals surface area contributed by atoms with E-state index in [0.717, 1.165) is 24.3 Å². The maximum atomic E-state index is 5.41. The molecule has 5 heteroatoms. The molecular weight excluding hydrogens is 254 g/mol. The molecule has 108 valence electrons. The van der Waals surface area contributed by atoms with Crippen LogP contribution in [0.2, 0.25) is 0 Å². The van der Waals surface area contributed by atoms with Gasteiger partial charge in [0, 0.05) is 24.6 Å². The predicted octanol–water partition coefficient (Wildman–Crippen LogP) is 2.59. The zero-order chi connectivity index (χ0) is 14.5. The van der Waals surface area contributed by atoms with Crippen molar-refractivity contribution in [3.8, 4) is 5.75 Å². The van der Waals surface area contributed by atoms with Crippen LogP contribution in [0.25, 0.3) is 0 Å². The van der Waals surface area contributed by atoms with Gasteiger partial charge in [-0.25, -0.2) is 0 Å². The Labute approximate surface area is 119 Å². The molecule has 20 heavy (non-hydrogen) atoms. The summed E-state index contributed by atoms with van der Waals surface area (Å²) in [5.41, 5.74) is 2.39. The minimum Gasteiger partial charge on any atom is -0.496 e. The van der Waals surface area contributed by atoms with Gasteiger partial charge in [0.05, 0.1) is 7.11 Å². The smallest absolute Gasteiger partial charge is 0.227 e. The molecule has 0 aliphatic carbocycles. The first-order valence-electron chi connectivity index (χ1n) is 6.77. The van der Waals surface area contributed by atoms with Crippen molar-refractivity contribution in [1.82, 2.24) is 15.5 Å². The Morgan fingerprint density at radius 2 is 2.15 bits per heavy atom. The molecule has 2 aromatic rings. The van der Waals surface area contributed by atoms with E-state index in [2.05, 4.69) is 41.4 Å². The fourth-order valence-electron chi connectivity index (χ4n) is 2.14. The van der Waals surface area contributed by atoms with Crippen LogP contribution in [0.4, 0.5) is 0 Å². The zero-order valence-electron chi connectivity index (χ0n) is 12.4. The van der Waals surface area contributed by atoms with Crippen LogP contribution in [0.1, 0.15) is 35.8 Å². The molecule has 0 saturated heterocycles. The molecule has 1 aromatic carbocycles. The average Bonchev–Trinajstić information content (AvgIpc) is 2.84. The van der Waals surface area contributed by atoms with Gasteiger partial charge in [0.2, 0.25) is 5.89 Å². The van der Waals surface area contributed by atoms with Crippen LogP contribution < -0.4 is 10.1 Å². The number of hydrogen-bond donors (Lipinski definition) is 1. The molecule has 0 aliphatic rings. The number of methoxy groups -OCH3 is 1. The highest BCUT2D eigenvalue weighted by molar-refractivity contribution is 5.38. The molecule has 0 saturated carbocycles. The highest BCUT2D eigenvalue weighted by Crippen LogP contribution is 2.25.